The lowest BCUT2D eigenvalue weighted by molar-refractivity contribution is 0.921. The number of rotatable bonds is 0. The maximum Gasteiger partial charge on any atom is 0.0452 e. The molecule has 0 spiro atoms. The summed E-state index contributed by atoms with van der Waals surface area (Å²) in [6.45, 7) is 1.58. The van der Waals surface area contributed by atoms with Gasteiger partial charge in [-0.15, -0.1) is 0 Å². The van der Waals surface area contributed by atoms with E-state index < -0.39 is 0 Å². The molecule has 0 fully saturated rings. The molecule has 0 unspecified atom stereocenters. The zero-order chi connectivity index (χ0) is 30.8. The lowest BCUT2D eigenvalue weighted by Crippen LogP contribution is -2.19. The van der Waals surface area contributed by atoms with Crippen molar-refractivity contribution in [2.75, 3.05) is 23.9 Å². The first-order valence-corrected chi connectivity index (χ1v) is 16.1. The van der Waals surface area contributed by atoms with Gasteiger partial charge in [-0.25, -0.2) is 0 Å². The predicted molar refractivity (Wildman–Crippen MR) is 198 cm³/mol. The van der Waals surface area contributed by atoms with Crippen LogP contribution in [-0.2, 0) is 13.1 Å². The smallest absolute Gasteiger partial charge is 0.0452 e. The van der Waals surface area contributed by atoms with Gasteiger partial charge in [0.1, 0.15) is 0 Å². The van der Waals surface area contributed by atoms with Crippen LogP contribution in [0.5, 0.6) is 0 Å². The maximum atomic E-state index is 2.44. The Hall–Kier alpha value is -5.60. The molecule has 1 heterocycles. The van der Waals surface area contributed by atoms with Crippen molar-refractivity contribution in [3.05, 3.63) is 157 Å². The fraction of sp³-hybridized carbons (Fsp3) is 0.0909. The van der Waals surface area contributed by atoms with E-state index in [0.29, 0.717) is 0 Å². The molecular formula is C44H34N2. The molecule has 9 rings (SSSR count). The predicted octanol–water partition coefficient (Wildman–Crippen LogP) is 11.2. The highest BCUT2D eigenvalue weighted by atomic mass is 15.1. The SMILES string of the molecule is CN1Cc2cc(c3ccccc3c2)-c2cc3ccccc3cc2N(C)Cc2cc(c3ccccc3c2)-c2cc3ccccc3cc21. The highest BCUT2D eigenvalue weighted by Crippen LogP contribution is 2.43. The van der Waals surface area contributed by atoms with Crippen LogP contribution in [0.3, 0.4) is 0 Å². The number of hydrogen-bond acceptors (Lipinski definition) is 2. The van der Waals surface area contributed by atoms with E-state index in [4.69, 9.17) is 0 Å². The Balaban J connectivity index is 1.38. The minimum absolute atomic E-state index is 0.791. The summed E-state index contributed by atoms with van der Waals surface area (Å²) in [4.78, 5) is 4.88. The molecule has 0 aromatic heterocycles. The van der Waals surface area contributed by atoms with E-state index in [9.17, 15) is 0 Å². The van der Waals surface area contributed by atoms with Crippen LogP contribution in [0.2, 0.25) is 0 Å². The maximum absolute atomic E-state index is 2.44. The molecule has 0 aliphatic carbocycles. The number of hydrogen-bond donors (Lipinski definition) is 0. The Labute approximate surface area is 269 Å². The van der Waals surface area contributed by atoms with Crippen molar-refractivity contribution in [3.8, 4) is 22.3 Å². The van der Waals surface area contributed by atoms with Gasteiger partial charge in [0, 0.05) is 49.7 Å². The van der Waals surface area contributed by atoms with E-state index in [2.05, 4.69) is 169 Å². The van der Waals surface area contributed by atoms with Gasteiger partial charge in [0.05, 0.1) is 0 Å². The van der Waals surface area contributed by atoms with Gasteiger partial charge >= 0.3 is 0 Å². The van der Waals surface area contributed by atoms with Crippen LogP contribution in [-0.4, -0.2) is 14.1 Å². The molecule has 1 aliphatic heterocycles. The van der Waals surface area contributed by atoms with Crippen molar-refractivity contribution in [2.24, 2.45) is 0 Å². The largest absolute Gasteiger partial charge is 0.370 e. The summed E-state index contributed by atoms with van der Waals surface area (Å²) in [5, 5.41) is 10.1. The second kappa shape index (κ2) is 10.5. The molecule has 0 atom stereocenters. The summed E-state index contributed by atoms with van der Waals surface area (Å²) in [6, 6.07) is 54.4. The van der Waals surface area contributed by atoms with Crippen LogP contribution in [0.1, 0.15) is 11.1 Å². The zero-order valence-electron chi connectivity index (χ0n) is 26.2. The quantitative estimate of drug-likeness (QED) is 0.173. The first-order valence-electron chi connectivity index (χ1n) is 16.1. The van der Waals surface area contributed by atoms with E-state index >= 15 is 0 Å². The fourth-order valence-corrected chi connectivity index (χ4v) is 7.61. The summed E-state index contributed by atoms with van der Waals surface area (Å²) in [6.07, 6.45) is 0. The molecule has 0 saturated heterocycles. The van der Waals surface area contributed by atoms with Gasteiger partial charge in [-0.3, -0.25) is 0 Å². The van der Waals surface area contributed by atoms with Gasteiger partial charge in [0.2, 0.25) is 0 Å². The molecule has 0 radical (unpaired) electrons. The summed E-state index contributed by atoms with van der Waals surface area (Å²) >= 11 is 0. The van der Waals surface area contributed by atoms with E-state index in [1.165, 1.54) is 87.8 Å². The normalized spacial score (nSPS) is 13.2. The van der Waals surface area contributed by atoms with Gasteiger partial charge in [-0.2, -0.15) is 0 Å². The van der Waals surface area contributed by atoms with Crippen molar-refractivity contribution in [1.29, 1.82) is 0 Å². The molecule has 46 heavy (non-hydrogen) atoms. The van der Waals surface area contributed by atoms with E-state index in [0.717, 1.165) is 13.1 Å². The zero-order valence-corrected chi connectivity index (χ0v) is 26.2. The lowest BCUT2D eigenvalue weighted by Gasteiger charge is -2.28. The van der Waals surface area contributed by atoms with Crippen LogP contribution in [0.4, 0.5) is 11.4 Å². The Morgan fingerprint density at radius 1 is 0.348 bits per heavy atom. The van der Waals surface area contributed by atoms with Crippen LogP contribution in [0, 0.1) is 0 Å². The van der Waals surface area contributed by atoms with Gasteiger partial charge < -0.3 is 9.80 Å². The third kappa shape index (κ3) is 4.41. The molecule has 0 saturated carbocycles. The topological polar surface area (TPSA) is 6.48 Å². The minimum Gasteiger partial charge on any atom is -0.370 e. The van der Waals surface area contributed by atoms with Gasteiger partial charge in [0.15, 0.2) is 0 Å². The molecule has 0 amide bonds. The highest BCUT2D eigenvalue weighted by molar-refractivity contribution is 6.06. The number of anilines is 2. The van der Waals surface area contributed by atoms with Gasteiger partial charge in [0.25, 0.3) is 0 Å². The third-order valence-corrected chi connectivity index (χ3v) is 9.81. The number of fused-ring (bicyclic) bond motifs is 14. The highest BCUT2D eigenvalue weighted by Gasteiger charge is 2.20. The van der Waals surface area contributed by atoms with Crippen LogP contribution >= 0.6 is 0 Å². The van der Waals surface area contributed by atoms with Crippen LogP contribution in [0.25, 0.3) is 65.3 Å². The second-order valence-electron chi connectivity index (χ2n) is 12.9. The van der Waals surface area contributed by atoms with Gasteiger partial charge in [-0.05, 0) is 114 Å². The van der Waals surface area contributed by atoms with E-state index in [1.54, 1.807) is 0 Å². The second-order valence-corrected chi connectivity index (χ2v) is 12.9. The molecule has 1 aliphatic rings. The summed E-state index contributed by atoms with van der Waals surface area (Å²) in [5.74, 6) is 0. The first kappa shape index (κ1) is 26.8. The third-order valence-electron chi connectivity index (χ3n) is 9.81. The Kier molecular flexibility index (Phi) is 6.11. The monoisotopic (exact) mass is 590 g/mol. The molecule has 2 nitrogen and oxygen atoms in total. The fourth-order valence-electron chi connectivity index (χ4n) is 7.61. The van der Waals surface area contributed by atoms with Gasteiger partial charge in [-0.1, -0.05) is 97.1 Å². The van der Waals surface area contributed by atoms with Crippen LogP contribution in [0.15, 0.2) is 146 Å². The molecule has 2 heteroatoms. The van der Waals surface area contributed by atoms with E-state index in [1.807, 2.05) is 0 Å². The Bertz CT molecular complexity index is 2300. The average molecular weight is 591 g/mol. The summed E-state index contributed by atoms with van der Waals surface area (Å²) in [5.41, 5.74) is 10.2. The Morgan fingerprint density at radius 3 is 1.11 bits per heavy atom. The first-order chi connectivity index (χ1) is 22.6. The number of nitrogens with zero attached hydrogens (tertiary/aromatic N) is 2. The molecule has 0 N–H and O–H groups in total. The van der Waals surface area contributed by atoms with E-state index in [-0.39, 0.29) is 0 Å². The molecule has 8 aromatic rings. The molecule has 8 aromatic carbocycles. The lowest BCUT2D eigenvalue weighted by atomic mass is 9.90. The summed E-state index contributed by atoms with van der Waals surface area (Å²) < 4.78 is 0. The van der Waals surface area contributed by atoms with Crippen molar-refractivity contribution in [2.45, 2.75) is 13.1 Å². The average Bonchev–Trinajstić information content (AvgIpc) is 3.09. The standard InChI is InChI=1S/C44H34N2/c1-45-27-29-19-35-15-7-10-18-38(35)40(21-29)42-24-32-12-4-6-14-34(32)26-44(42)46(2)28-30-20-36-16-8-9-17-37(36)39(22-30)41-23-31-11-3-5-13-33(31)25-43(41)45/h3-26H,27-28H2,1-2H3. The van der Waals surface area contributed by atoms with Crippen LogP contribution < -0.4 is 9.80 Å². The van der Waals surface area contributed by atoms with Crippen molar-refractivity contribution >= 4 is 54.5 Å². The van der Waals surface area contributed by atoms with Crippen molar-refractivity contribution in [3.63, 3.8) is 0 Å². The summed E-state index contributed by atoms with van der Waals surface area (Å²) in [7, 11) is 4.49. The molecular weight excluding hydrogens is 556 g/mol. The Morgan fingerprint density at radius 2 is 0.696 bits per heavy atom. The number of benzene rings is 8. The van der Waals surface area contributed by atoms with Crippen molar-refractivity contribution in [1.82, 2.24) is 0 Å². The van der Waals surface area contributed by atoms with Crippen molar-refractivity contribution < 1.29 is 0 Å². The minimum atomic E-state index is 0.791. The molecule has 220 valence electrons. The molecule has 4 bridgehead atoms.